The van der Waals surface area contributed by atoms with Crippen molar-refractivity contribution in [3.63, 3.8) is 0 Å². The number of hydrogen-bond donors (Lipinski definition) is 1. The normalized spacial score (nSPS) is 12.2. The lowest BCUT2D eigenvalue weighted by Crippen LogP contribution is -2.45. The Kier molecular flexibility index (Phi) is 6.45. The van der Waals surface area contributed by atoms with E-state index < -0.39 is 33.6 Å². The van der Waals surface area contributed by atoms with Crippen LogP contribution in [0.5, 0.6) is 11.5 Å². The lowest BCUT2D eigenvalue weighted by atomic mass is 10.2. The Morgan fingerprint density at radius 1 is 1.11 bits per heavy atom. The van der Waals surface area contributed by atoms with Crippen LogP contribution >= 0.6 is 0 Å². The van der Waals surface area contributed by atoms with Crippen LogP contribution in [-0.4, -0.2) is 40.8 Å². The van der Waals surface area contributed by atoms with Crippen molar-refractivity contribution in [2.45, 2.75) is 13.0 Å². The molecule has 2 aromatic carbocycles. The number of carbonyl (C=O) groups excluding carboxylic acids is 1. The minimum absolute atomic E-state index is 0.0755. The standard InChI is InChI=1S/C18H20F2N2O5S/c1-11(18(23)21-15-7-5-12(19)9-14(15)20)22(28(4,24)25)16-10-13(26-2)6-8-17(16)27-3/h5-11H,1-4H3,(H,21,23)/t11-/m1/s1. The molecule has 2 rings (SSSR count). The number of nitrogens with zero attached hydrogens (tertiary/aromatic N) is 1. The summed E-state index contributed by atoms with van der Waals surface area (Å²) in [6.45, 7) is 1.33. The number of ether oxygens (including phenoxy) is 2. The number of hydrogen-bond acceptors (Lipinski definition) is 5. The molecule has 1 amide bonds. The number of benzene rings is 2. The highest BCUT2D eigenvalue weighted by Crippen LogP contribution is 2.35. The molecule has 0 fully saturated rings. The van der Waals surface area contributed by atoms with Crippen LogP contribution in [0.2, 0.25) is 0 Å². The summed E-state index contributed by atoms with van der Waals surface area (Å²) in [4.78, 5) is 12.6. The summed E-state index contributed by atoms with van der Waals surface area (Å²) in [7, 11) is -1.19. The highest BCUT2D eigenvalue weighted by atomic mass is 32.2. The van der Waals surface area contributed by atoms with Crippen molar-refractivity contribution in [1.82, 2.24) is 0 Å². The molecule has 0 unspecified atom stereocenters. The van der Waals surface area contributed by atoms with Gasteiger partial charge in [-0.25, -0.2) is 17.2 Å². The number of methoxy groups -OCH3 is 2. The Balaban J connectivity index is 2.45. The van der Waals surface area contributed by atoms with Gasteiger partial charge in [-0.15, -0.1) is 0 Å². The van der Waals surface area contributed by atoms with E-state index in [4.69, 9.17) is 9.47 Å². The third-order valence-corrected chi connectivity index (χ3v) is 5.13. The predicted molar refractivity (Wildman–Crippen MR) is 101 cm³/mol. The molecule has 152 valence electrons. The molecule has 10 heteroatoms. The Morgan fingerprint density at radius 2 is 1.79 bits per heavy atom. The molecule has 0 saturated carbocycles. The molecule has 0 radical (unpaired) electrons. The fraction of sp³-hybridized carbons (Fsp3) is 0.278. The molecule has 0 aliphatic carbocycles. The molecule has 0 aromatic heterocycles. The first kappa shape index (κ1) is 21.4. The van der Waals surface area contributed by atoms with Gasteiger partial charge >= 0.3 is 0 Å². The van der Waals surface area contributed by atoms with Gasteiger partial charge in [0.25, 0.3) is 0 Å². The molecule has 1 atom stereocenters. The van der Waals surface area contributed by atoms with Gasteiger partial charge in [0, 0.05) is 12.1 Å². The zero-order valence-corrected chi connectivity index (χ0v) is 16.5. The van der Waals surface area contributed by atoms with Crippen molar-refractivity contribution in [2.75, 3.05) is 30.1 Å². The Morgan fingerprint density at radius 3 is 2.32 bits per heavy atom. The van der Waals surface area contributed by atoms with Gasteiger partial charge < -0.3 is 14.8 Å². The van der Waals surface area contributed by atoms with Crippen LogP contribution in [0.25, 0.3) is 0 Å². The van der Waals surface area contributed by atoms with Gasteiger partial charge in [0.2, 0.25) is 15.9 Å². The van der Waals surface area contributed by atoms with Gasteiger partial charge in [-0.2, -0.15) is 0 Å². The Hall–Kier alpha value is -2.88. The minimum Gasteiger partial charge on any atom is -0.497 e. The molecule has 0 aliphatic heterocycles. The van der Waals surface area contributed by atoms with E-state index in [2.05, 4.69) is 5.32 Å². The zero-order valence-electron chi connectivity index (χ0n) is 15.7. The van der Waals surface area contributed by atoms with Gasteiger partial charge in [0.1, 0.15) is 29.2 Å². The third-order valence-electron chi connectivity index (χ3n) is 3.90. The molecule has 2 aromatic rings. The van der Waals surface area contributed by atoms with Crippen LogP contribution < -0.4 is 19.1 Å². The summed E-state index contributed by atoms with van der Waals surface area (Å²) in [5.74, 6) is -2.06. The summed E-state index contributed by atoms with van der Waals surface area (Å²) in [6, 6.07) is 5.83. The SMILES string of the molecule is COc1ccc(OC)c(N([C@H](C)C(=O)Nc2ccc(F)cc2F)S(C)(=O)=O)c1. The predicted octanol–water partition coefficient (Wildman–Crippen LogP) is 2.78. The highest BCUT2D eigenvalue weighted by molar-refractivity contribution is 7.92. The van der Waals surface area contributed by atoms with E-state index >= 15 is 0 Å². The fourth-order valence-corrected chi connectivity index (χ4v) is 3.75. The van der Waals surface area contributed by atoms with Gasteiger partial charge in [0.05, 0.1) is 31.9 Å². The van der Waals surface area contributed by atoms with Gasteiger partial charge in [-0.3, -0.25) is 9.10 Å². The van der Waals surface area contributed by atoms with Crippen molar-refractivity contribution >= 4 is 27.3 Å². The second-order valence-corrected chi connectivity index (χ2v) is 7.75. The van der Waals surface area contributed by atoms with Crippen LogP contribution in [0.3, 0.4) is 0 Å². The van der Waals surface area contributed by atoms with Crippen molar-refractivity contribution in [3.05, 3.63) is 48.0 Å². The number of anilines is 2. The average Bonchev–Trinajstić information content (AvgIpc) is 2.62. The van der Waals surface area contributed by atoms with Crippen LogP contribution in [0.4, 0.5) is 20.2 Å². The molecule has 0 saturated heterocycles. The summed E-state index contributed by atoms with van der Waals surface area (Å²) >= 11 is 0. The number of carbonyl (C=O) groups is 1. The number of amides is 1. The highest BCUT2D eigenvalue weighted by Gasteiger charge is 2.32. The van der Waals surface area contributed by atoms with E-state index in [1.807, 2.05) is 0 Å². The first-order chi connectivity index (χ1) is 13.1. The monoisotopic (exact) mass is 414 g/mol. The summed E-state index contributed by atoms with van der Waals surface area (Å²) in [5.41, 5.74) is -0.198. The summed E-state index contributed by atoms with van der Waals surface area (Å²) in [5, 5.41) is 2.27. The number of sulfonamides is 1. The zero-order chi connectivity index (χ0) is 21.1. The second kappa shape index (κ2) is 8.42. The van der Waals surface area contributed by atoms with E-state index in [9.17, 15) is 22.0 Å². The average molecular weight is 414 g/mol. The lowest BCUT2D eigenvalue weighted by molar-refractivity contribution is -0.116. The maximum Gasteiger partial charge on any atom is 0.248 e. The van der Waals surface area contributed by atoms with Crippen LogP contribution in [0, 0.1) is 11.6 Å². The van der Waals surface area contributed by atoms with Gasteiger partial charge in [0.15, 0.2) is 0 Å². The summed E-state index contributed by atoms with van der Waals surface area (Å²) in [6.07, 6.45) is 0.925. The second-order valence-electron chi connectivity index (χ2n) is 5.89. The van der Waals surface area contributed by atoms with Crippen molar-refractivity contribution in [2.24, 2.45) is 0 Å². The number of rotatable bonds is 7. The molecule has 0 bridgehead atoms. The Labute approximate surface area is 161 Å². The van der Waals surface area contributed by atoms with Gasteiger partial charge in [-0.1, -0.05) is 0 Å². The number of nitrogens with one attached hydrogen (secondary N) is 1. The number of halogens is 2. The molecule has 1 N–H and O–H groups in total. The maximum atomic E-state index is 13.8. The van der Waals surface area contributed by atoms with Gasteiger partial charge in [-0.05, 0) is 31.2 Å². The van der Waals surface area contributed by atoms with Crippen molar-refractivity contribution in [1.29, 1.82) is 0 Å². The first-order valence-corrected chi connectivity index (χ1v) is 9.90. The van der Waals surface area contributed by atoms with Crippen LogP contribution in [0.1, 0.15) is 6.92 Å². The lowest BCUT2D eigenvalue weighted by Gasteiger charge is -2.29. The quantitative estimate of drug-likeness (QED) is 0.753. The molecular formula is C18H20F2N2O5S. The van der Waals surface area contributed by atoms with E-state index in [1.54, 1.807) is 6.07 Å². The molecular weight excluding hydrogens is 394 g/mol. The smallest absolute Gasteiger partial charge is 0.248 e. The fourth-order valence-electron chi connectivity index (χ4n) is 2.58. The topological polar surface area (TPSA) is 84.9 Å². The molecule has 0 aliphatic rings. The first-order valence-electron chi connectivity index (χ1n) is 8.05. The van der Waals surface area contributed by atoms with E-state index in [0.29, 0.717) is 11.8 Å². The van der Waals surface area contributed by atoms with E-state index in [-0.39, 0.29) is 17.1 Å². The van der Waals surface area contributed by atoms with Crippen LogP contribution in [0.15, 0.2) is 36.4 Å². The molecule has 0 heterocycles. The Bertz CT molecular complexity index is 982. The largest absolute Gasteiger partial charge is 0.497 e. The maximum absolute atomic E-state index is 13.8. The van der Waals surface area contributed by atoms with Crippen molar-refractivity contribution < 1.29 is 31.5 Å². The van der Waals surface area contributed by atoms with Crippen LogP contribution in [-0.2, 0) is 14.8 Å². The van der Waals surface area contributed by atoms with Crippen molar-refractivity contribution in [3.8, 4) is 11.5 Å². The van der Waals surface area contributed by atoms with E-state index in [0.717, 1.165) is 22.7 Å². The minimum atomic E-state index is -3.95. The third kappa shape index (κ3) is 4.69. The molecule has 28 heavy (non-hydrogen) atoms. The molecule has 0 spiro atoms. The van der Waals surface area contributed by atoms with E-state index in [1.165, 1.54) is 33.3 Å². The summed E-state index contributed by atoms with van der Waals surface area (Å²) < 4.78 is 62.9. The molecule has 7 nitrogen and oxygen atoms in total.